The van der Waals surface area contributed by atoms with Gasteiger partial charge in [-0.2, -0.15) is 0 Å². The molecule has 0 radical (unpaired) electrons. The highest BCUT2D eigenvalue weighted by Crippen LogP contribution is 2.23. The van der Waals surface area contributed by atoms with Gasteiger partial charge >= 0.3 is 0 Å². The van der Waals surface area contributed by atoms with Gasteiger partial charge in [-0.1, -0.05) is 18.2 Å². The first-order valence-corrected chi connectivity index (χ1v) is 8.22. The number of carbonyl (C=O) groups is 1. The van der Waals surface area contributed by atoms with Crippen LogP contribution in [0.2, 0.25) is 0 Å². The maximum absolute atomic E-state index is 11.9. The third-order valence-electron chi connectivity index (χ3n) is 3.57. The number of anilines is 1. The number of nitrogens with zero attached hydrogens (tertiary/aromatic N) is 3. The largest absolute Gasteiger partial charge is 0.352 e. The van der Waals surface area contributed by atoms with Gasteiger partial charge in [0.25, 0.3) is 0 Å². The quantitative estimate of drug-likeness (QED) is 0.726. The van der Waals surface area contributed by atoms with E-state index in [0.717, 1.165) is 16.9 Å². The minimum absolute atomic E-state index is 0.0666. The lowest BCUT2D eigenvalue weighted by atomic mass is 10.2. The molecule has 1 amide bonds. The first-order valence-electron chi connectivity index (χ1n) is 8.22. The third-order valence-corrected chi connectivity index (χ3v) is 3.57. The summed E-state index contributed by atoms with van der Waals surface area (Å²) in [6, 6.07) is 13.8. The van der Waals surface area contributed by atoms with Gasteiger partial charge < -0.3 is 10.6 Å². The van der Waals surface area contributed by atoms with E-state index in [1.165, 1.54) is 0 Å². The maximum atomic E-state index is 11.9. The van der Waals surface area contributed by atoms with E-state index >= 15 is 0 Å². The van der Waals surface area contributed by atoms with Gasteiger partial charge in [0.1, 0.15) is 0 Å². The number of hydrogen-bond donors (Lipinski definition) is 2. The Morgan fingerprint density at radius 3 is 2.52 bits per heavy atom. The van der Waals surface area contributed by atoms with Crippen LogP contribution in [-0.2, 0) is 4.79 Å². The summed E-state index contributed by atoms with van der Waals surface area (Å²) in [5, 5.41) is 6.00. The van der Waals surface area contributed by atoms with E-state index < -0.39 is 0 Å². The predicted molar refractivity (Wildman–Crippen MR) is 98.6 cm³/mol. The van der Waals surface area contributed by atoms with Gasteiger partial charge in [-0.3, -0.25) is 14.3 Å². The molecule has 0 bridgehead atoms. The van der Waals surface area contributed by atoms with Gasteiger partial charge in [-0.25, -0.2) is 4.98 Å². The molecule has 25 heavy (non-hydrogen) atoms. The van der Waals surface area contributed by atoms with E-state index in [0.29, 0.717) is 5.95 Å². The molecule has 0 saturated carbocycles. The first kappa shape index (κ1) is 16.7. The van der Waals surface area contributed by atoms with Crippen LogP contribution in [0.3, 0.4) is 0 Å². The molecule has 0 unspecified atom stereocenters. The van der Waals surface area contributed by atoms with Crippen LogP contribution in [0.4, 0.5) is 5.95 Å². The molecule has 3 rings (SSSR count). The van der Waals surface area contributed by atoms with E-state index in [2.05, 4.69) is 20.6 Å². The van der Waals surface area contributed by atoms with Crippen molar-refractivity contribution >= 4 is 11.9 Å². The van der Waals surface area contributed by atoms with Crippen LogP contribution in [0.25, 0.3) is 16.9 Å². The molecule has 6 nitrogen and oxygen atoms in total. The highest BCUT2D eigenvalue weighted by molar-refractivity contribution is 5.80. The summed E-state index contributed by atoms with van der Waals surface area (Å²) in [5.41, 5.74) is 2.76. The number of imidazole rings is 1. The number of nitrogens with one attached hydrogen (secondary N) is 2. The normalized spacial score (nSPS) is 10.7. The molecule has 0 aliphatic rings. The minimum Gasteiger partial charge on any atom is -0.352 e. The Morgan fingerprint density at radius 1 is 1.12 bits per heavy atom. The Morgan fingerprint density at radius 2 is 1.84 bits per heavy atom. The number of amides is 1. The number of pyridine rings is 1. The standard InChI is InChI=1S/C19H21N5O/c1-14(2)22-18(25)12-21-19-23-17(15-8-10-20-11-9-15)13-24(19)16-6-4-3-5-7-16/h3-11,13-14H,12H2,1-2H3,(H,21,23)(H,22,25). The Bertz CT molecular complexity index is 828. The van der Waals surface area contributed by atoms with Crippen molar-refractivity contribution in [3.05, 3.63) is 61.1 Å². The van der Waals surface area contributed by atoms with Gasteiger partial charge in [0.15, 0.2) is 0 Å². The van der Waals surface area contributed by atoms with E-state index in [-0.39, 0.29) is 18.5 Å². The number of rotatable bonds is 6. The number of aromatic nitrogens is 3. The van der Waals surface area contributed by atoms with Crippen LogP contribution in [0.5, 0.6) is 0 Å². The van der Waals surface area contributed by atoms with Gasteiger partial charge in [0, 0.05) is 35.9 Å². The summed E-state index contributed by atoms with van der Waals surface area (Å²) in [4.78, 5) is 20.6. The molecule has 0 aliphatic carbocycles. The average Bonchev–Trinajstić information content (AvgIpc) is 3.05. The fourth-order valence-electron chi connectivity index (χ4n) is 2.48. The minimum atomic E-state index is -0.0666. The monoisotopic (exact) mass is 335 g/mol. The van der Waals surface area contributed by atoms with Crippen LogP contribution in [0, 0.1) is 0 Å². The van der Waals surface area contributed by atoms with Gasteiger partial charge in [0.05, 0.1) is 12.2 Å². The lowest BCUT2D eigenvalue weighted by molar-refractivity contribution is -0.119. The number of carbonyl (C=O) groups excluding carboxylic acids is 1. The SMILES string of the molecule is CC(C)NC(=O)CNc1nc(-c2ccncc2)cn1-c1ccccc1. The number of benzene rings is 1. The zero-order chi connectivity index (χ0) is 17.6. The zero-order valence-electron chi connectivity index (χ0n) is 14.3. The molecule has 2 N–H and O–H groups in total. The van der Waals surface area contributed by atoms with E-state index in [9.17, 15) is 4.79 Å². The van der Waals surface area contributed by atoms with E-state index in [1.807, 2.05) is 67.1 Å². The second kappa shape index (κ2) is 7.61. The predicted octanol–water partition coefficient (Wildman–Crippen LogP) is 2.87. The number of para-hydroxylation sites is 1. The van der Waals surface area contributed by atoms with Crippen molar-refractivity contribution in [2.75, 3.05) is 11.9 Å². The lowest BCUT2D eigenvalue weighted by Gasteiger charge is -2.11. The number of hydrogen-bond acceptors (Lipinski definition) is 4. The Kier molecular flexibility index (Phi) is 5.09. The fraction of sp³-hybridized carbons (Fsp3) is 0.211. The molecule has 6 heteroatoms. The van der Waals surface area contributed by atoms with E-state index in [1.54, 1.807) is 12.4 Å². The van der Waals surface area contributed by atoms with Gasteiger partial charge in [-0.15, -0.1) is 0 Å². The van der Waals surface area contributed by atoms with Crippen LogP contribution >= 0.6 is 0 Å². The molecular weight excluding hydrogens is 314 g/mol. The van der Waals surface area contributed by atoms with Crippen molar-refractivity contribution in [2.24, 2.45) is 0 Å². The Hall–Kier alpha value is -3.15. The summed E-state index contributed by atoms with van der Waals surface area (Å²) >= 11 is 0. The highest BCUT2D eigenvalue weighted by atomic mass is 16.1. The van der Waals surface area contributed by atoms with Gasteiger partial charge in [-0.05, 0) is 38.1 Å². The van der Waals surface area contributed by atoms with Crippen molar-refractivity contribution in [2.45, 2.75) is 19.9 Å². The first-order chi connectivity index (χ1) is 12.1. The summed E-state index contributed by atoms with van der Waals surface area (Å²) in [6.45, 7) is 4.03. The molecule has 0 saturated heterocycles. The molecule has 128 valence electrons. The third kappa shape index (κ3) is 4.23. The molecular formula is C19H21N5O. The van der Waals surface area contributed by atoms with Crippen LogP contribution in [0.15, 0.2) is 61.1 Å². The van der Waals surface area contributed by atoms with Crippen LogP contribution in [-0.4, -0.2) is 33.0 Å². The molecule has 1 aromatic carbocycles. The molecule has 0 fully saturated rings. The van der Waals surface area contributed by atoms with E-state index in [4.69, 9.17) is 0 Å². The van der Waals surface area contributed by atoms with Crippen molar-refractivity contribution in [1.29, 1.82) is 0 Å². The Balaban J connectivity index is 1.89. The molecule has 2 aromatic heterocycles. The average molecular weight is 335 g/mol. The van der Waals surface area contributed by atoms with Crippen molar-refractivity contribution in [1.82, 2.24) is 19.9 Å². The topological polar surface area (TPSA) is 71.8 Å². The molecule has 0 spiro atoms. The summed E-state index contributed by atoms with van der Waals surface area (Å²) in [5.74, 6) is 0.556. The lowest BCUT2D eigenvalue weighted by Crippen LogP contribution is -2.35. The van der Waals surface area contributed by atoms with Gasteiger partial charge in [0.2, 0.25) is 11.9 Å². The second-order valence-electron chi connectivity index (χ2n) is 5.97. The molecule has 0 atom stereocenters. The highest BCUT2D eigenvalue weighted by Gasteiger charge is 2.12. The summed E-state index contributed by atoms with van der Waals surface area (Å²) in [6.07, 6.45) is 5.42. The Labute approximate surface area is 146 Å². The fourth-order valence-corrected chi connectivity index (χ4v) is 2.48. The van der Waals surface area contributed by atoms with Crippen LogP contribution in [0.1, 0.15) is 13.8 Å². The smallest absolute Gasteiger partial charge is 0.239 e. The molecule has 2 heterocycles. The van der Waals surface area contributed by atoms with Crippen molar-refractivity contribution < 1.29 is 4.79 Å². The zero-order valence-corrected chi connectivity index (χ0v) is 14.3. The molecule has 3 aromatic rings. The second-order valence-corrected chi connectivity index (χ2v) is 5.97. The van der Waals surface area contributed by atoms with Crippen LogP contribution < -0.4 is 10.6 Å². The van der Waals surface area contributed by atoms with Crippen molar-refractivity contribution in [3.8, 4) is 16.9 Å². The molecule has 0 aliphatic heterocycles. The van der Waals surface area contributed by atoms with Crippen molar-refractivity contribution in [3.63, 3.8) is 0 Å². The maximum Gasteiger partial charge on any atom is 0.239 e. The summed E-state index contributed by atoms with van der Waals surface area (Å²) in [7, 11) is 0. The summed E-state index contributed by atoms with van der Waals surface area (Å²) < 4.78 is 1.94.